The fourth-order valence-electron chi connectivity index (χ4n) is 5.83. The summed E-state index contributed by atoms with van der Waals surface area (Å²) >= 11 is 0. The summed E-state index contributed by atoms with van der Waals surface area (Å²) in [5.41, 5.74) is 4.06. The van der Waals surface area contributed by atoms with E-state index >= 15 is 0 Å². The summed E-state index contributed by atoms with van der Waals surface area (Å²) < 4.78 is 6.29. The molecule has 6 nitrogen and oxygen atoms in total. The Labute approximate surface area is 238 Å². The van der Waals surface area contributed by atoms with Crippen molar-refractivity contribution in [3.8, 4) is 5.75 Å². The van der Waals surface area contributed by atoms with Gasteiger partial charge >= 0.3 is 0 Å². The third-order valence-corrected chi connectivity index (χ3v) is 8.03. The van der Waals surface area contributed by atoms with Crippen molar-refractivity contribution in [1.29, 1.82) is 0 Å². The van der Waals surface area contributed by atoms with Crippen LogP contribution in [0.2, 0.25) is 0 Å². The van der Waals surface area contributed by atoms with Crippen molar-refractivity contribution >= 4 is 11.8 Å². The van der Waals surface area contributed by atoms with E-state index in [9.17, 15) is 9.59 Å². The molecule has 5 rings (SSSR count). The van der Waals surface area contributed by atoms with Crippen molar-refractivity contribution in [3.63, 3.8) is 0 Å². The first-order valence-corrected chi connectivity index (χ1v) is 14.8. The Morgan fingerprint density at radius 2 is 1.55 bits per heavy atom. The van der Waals surface area contributed by atoms with Crippen LogP contribution in [0, 0.1) is 5.92 Å². The zero-order valence-electron chi connectivity index (χ0n) is 23.4. The number of rotatable bonds is 5. The smallest absolute Gasteiger partial charge is 0.254 e. The van der Waals surface area contributed by atoms with E-state index in [0.717, 1.165) is 68.5 Å². The summed E-state index contributed by atoms with van der Waals surface area (Å²) in [5.74, 6) is 1.42. The Hall–Kier alpha value is -3.64. The molecular weight excluding hydrogens is 498 g/mol. The first kappa shape index (κ1) is 27.9. The van der Waals surface area contributed by atoms with Crippen LogP contribution in [0.15, 0.2) is 78.9 Å². The molecule has 2 heterocycles. The van der Waals surface area contributed by atoms with Crippen molar-refractivity contribution in [2.75, 3.05) is 32.8 Å². The number of carbonyl (C=O) groups excluding carboxylic acids is 2. The lowest BCUT2D eigenvalue weighted by molar-refractivity contribution is -0.122. The van der Waals surface area contributed by atoms with Gasteiger partial charge < -0.3 is 15.0 Å². The van der Waals surface area contributed by atoms with Crippen molar-refractivity contribution in [1.82, 2.24) is 15.1 Å². The number of fused-ring (bicyclic) bond motifs is 1. The Kier molecular flexibility index (Phi) is 9.86. The summed E-state index contributed by atoms with van der Waals surface area (Å²) in [4.78, 5) is 31.0. The van der Waals surface area contributed by atoms with Crippen molar-refractivity contribution < 1.29 is 14.3 Å². The van der Waals surface area contributed by atoms with Crippen LogP contribution in [-0.4, -0.2) is 54.4 Å². The fourth-order valence-corrected chi connectivity index (χ4v) is 5.83. The molecule has 210 valence electrons. The van der Waals surface area contributed by atoms with E-state index in [2.05, 4.69) is 52.7 Å². The number of benzene rings is 3. The van der Waals surface area contributed by atoms with Gasteiger partial charge in [0.1, 0.15) is 5.75 Å². The number of hydrogen-bond acceptors (Lipinski definition) is 4. The lowest BCUT2D eigenvalue weighted by Gasteiger charge is -2.33. The van der Waals surface area contributed by atoms with Crippen LogP contribution >= 0.6 is 0 Å². The number of likely N-dealkylation sites (tertiary alicyclic amines) is 1. The molecule has 0 bridgehead atoms. The predicted molar refractivity (Wildman–Crippen MR) is 158 cm³/mol. The average molecular weight is 540 g/mol. The molecular formula is C34H41N3O3. The first-order valence-electron chi connectivity index (χ1n) is 14.8. The number of nitrogens with one attached hydrogen (secondary N) is 1. The first-order chi connectivity index (χ1) is 19.7. The number of ether oxygens (including phenoxy) is 1. The van der Waals surface area contributed by atoms with Gasteiger partial charge in [0.2, 0.25) is 5.91 Å². The molecule has 1 fully saturated rings. The number of nitrogens with zero attached hydrogens (tertiary/aromatic N) is 2. The van der Waals surface area contributed by atoms with E-state index in [-0.39, 0.29) is 18.4 Å². The molecule has 0 aromatic heterocycles. The molecule has 3 aromatic rings. The zero-order chi connectivity index (χ0) is 27.6. The fraction of sp³-hybridized carbons (Fsp3) is 0.412. The van der Waals surface area contributed by atoms with Gasteiger partial charge in [0.05, 0.1) is 13.2 Å². The van der Waals surface area contributed by atoms with Crippen LogP contribution in [0.3, 0.4) is 0 Å². The van der Waals surface area contributed by atoms with Gasteiger partial charge in [-0.25, -0.2) is 0 Å². The Bertz CT molecular complexity index is 1240. The van der Waals surface area contributed by atoms with Crippen molar-refractivity contribution in [2.45, 2.75) is 51.6 Å². The number of hydrogen-bond donors (Lipinski definition) is 1. The number of piperidine rings is 1. The monoisotopic (exact) mass is 539 g/mol. The molecule has 0 atom stereocenters. The minimum atomic E-state index is 0.0157. The maximum Gasteiger partial charge on any atom is 0.254 e. The second-order valence-electron chi connectivity index (χ2n) is 11.1. The van der Waals surface area contributed by atoms with Gasteiger partial charge in [0.15, 0.2) is 0 Å². The van der Waals surface area contributed by atoms with E-state index in [1.807, 2.05) is 41.3 Å². The van der Waals surface area contributed by atoms with Gasteiger partial charge in [-0.3, -0.25) is 14.5 Å². The van der Waals surface area contributed by atoms with E-state index in [1.54, 1.807) is 0 Å². The molecule has 0 saturated carbocycles. The summed E-state index contributed by atoms with van der Waals surface area (Å²) in [7, 11) is 0. The van der Waals surface area contributed by atoms with Crippen LogP contribution in [0.5, 0.6) is 5.75 Å². The van der Waals surface area contributed by atoms with E-state index in [0.29, 0.717) is 37.7 Å². The maximum atomic E-state index is 14.0. The van der Waals surface area contributed by atoms with Gasteiger partial charge in [0.25, 0.3) is 5.91 Å². The lowest BCUT2D eigenvalue weighted by atomic mass is 9.90. The largest absolute Gasteiger partial charge is 0.493 e. The molecule has 1 N–H and O–H groups in total. The van der Waals surface area contributed by atoms with Crippen molar-refractivity contribution in [3.05, 3.63) is 101 Å². The highest BCUT2D eigenvalue weighted by Gasteiger charge is 2.27. The van der Waals surface area contributed by atoms with Gasteiger partial charge in [-0.15, -0.1) is 0 Å². The van der Waals surface area contributed by atoms with Gasteiger partial charge in [-0.05, 0) is 67.7 Å². The molecule has 0 aliphatic carbocycles. The summed E-state index contributed by atoms with van der Waals surface area (Å²) in [6, 6.07) is 26.7. The summed E-state index contributed by atoms with van der Waals surface area (Å²) in [5, 5.41) is 3.07. The topological polar surface area (TPSA) is 61.9 Å². The van der Waals surface area contributed by atoms with Crippen LogP contribution in [0.4, 0.5) is 0 Å². The van der Waals surface area contributed by atoms with Crippen molar-refractivity contribution in [2.24, 2.45) is 5.92 Å². The molecule has 1 saturated heterocycles. The second kappa shape index (κ2) is 14.1. The molecule has 2 aliphatic heterocycles. The molecule has 0 spiro atoms. The molecule has 2 amide bonds. The summed E-state index contributed by atoms with van der Waals surface area (Å²) in [6.45, 7) is 4.14. The minimum absolute atomic E-state index is 0.0157. The zero-order valence-corrected chi connectivity index (χ0v) is 23.4. The van der Waals surface area contributed by atoms with Crippen LogP contribution in [-0.2, 0) is 24.3 Å². The number of amides is 2. The third kappa shape index (κ3) is 7.72. The second-order valence-corrected chi connectivity index (χ2v) is 11.1. The molecule has 3 aromatic carbocycles. The SMILES string of the molecule is O=C1CN(Cc2ccccc2)Cc2c(cccc2C(=O)N2CCC(Cc3ccccc3)CC2)OCCCCCN1. The van der Waals surface area contributed by atoms with Gasteiger partial charge in [-0.1, -0.05) is 66.7 Å². The van der Waals surface area contributed by atoms with E-state index < -0.39 is 0 Å². The van der Waals surface area contributed by atoms with E-state index in [1.165, 1.54) is 5.56 Å². The van der Waals surface area contributed by atoms with Crippen LogP contribution in [0.25, 0.3) is 0 Å². The summed E-state index contributed by atoms with van der Waals surface area (Å²) in [6.07, 6.45) is 5.91. The molecule has 2 aliphatic rings. The normalized spacial score (nSPS) is 17.9. The molecule has 0 unspecified atom stereocenters. The van der Waals surface area contributed by atoms with Crippen LogP contribution in [0.1, 0.15) is 59.2 Å². The minimum Gasteiger partial charge on any atom is -0.493 e. The lowest BCUT2D eigenvalue weighted by Crippen LogP contribution is -2.40. The average Bonchev–Trinajstić information content (AvgIpc) is 2.99. The highest BCUT2D eigenvalue weighted by atomic mass is 16.5. The highest BCUT2D eigenvalue weighted by Crippen LogP contribution is 2.29. The Balaban J connectivity index is 1.36. The maximum absolute atomic E-state index is 14.0. The molecule has 6 heteroatoms. The molecule has 40 heavy (non-hydrogen) atoms. The standard InChI is InChI=1S/C34H41N3O3/c38-33-26-36(24-29-13-6-2-7-14-29)25-31-30(15-10-16-32(31)40-22-9-3-8-19-35-33)34(39)37-20-17-28(18-21-37)23-27-11-4-1-5-12-27/h1-2,4-7,10-16,28H,3,8-9,17-26H2,(H,35,38). The quantitative estimate of drug-likeness (QED) is 0.468. The highest BCUT2D eigenvalue weighted by molar-refractivity contribution is 5.96. The Morgan fingerprint density at radius 3 is 2.30 bits per heavy atom. The van der Waals surface area contributed by atoms with Crippen LogP contribution < -0.4 is 10.1 Å². The third-order valence-electron chi connectivity index (χ3n) is 8.03. The van der Waals surface area contributed by atoms with Gasteiger partial charge in [0, 0.05) is 43.9 Å². The molecule has 0 radical (unpaired) electrons. The Morgan fingerprint density at radius 1 is 0.825 bits per heavy atom. The predicted octanol–water partition coefficient (Wildman–Crippen LogP) is 5.46. The van der Waals surface area contributed by atoms with Gasteiger partial charge in [-0.2, -0.15) is 0 Å². The number of carbonyl (C=O) groups is 2. The van der Waals surface area contributed by atoms with E-state index in [4.69, 9.17) is 4.74 Å².